The Labute approximate surface area is 144 Å². The molecule has 0 radical (unpaired) electrons. The van der Waals surface area contributed by atoms with Crippen LogP contribution in [0.4, 0.5) is 0 Å². The van der Waals surface area contributed by atoms with E-state index in [2.05, 4.69) is 10.6 Å². The number of carbonyl (C=O) groups is 2. The van der Waals surface area contributed by atoms with Crippen molar-refractivity contribution in [3.05, 3.63) is 69.7 Å². The molecule has 2 amide bonds. The van der Waals surface area contributed by atoms with E-state index in [1.807, 2.05) is 18.2 Å². The highest BCUT2D eigenvalue weighted by Crippen LogP contribution is 2.15. The normalized spacial score (nSPS) is 10.2. The highest BCUT2D eigenvalue weighted by atomic mass is 35.5. The van der Waals surface area contributed by atoms with Crippen LogP contribution < -0.4 is 10.6 Å². The van der Waals surface area contributed by atoms with Gasteiger partial charge in [-0.3, -0.25) is 9.59 Å². The van der Waals surface area contributed by atoms with E-state index in [1.54, 1.807) is 30.3 Å². The average molecular weight is 351 g/mol. The van der Waals surface area contributed by atoms with Crippen LogP contribution in [0.1, 0.15) is 15.9 Å². The number of amides is 2. The van der Waals surface area contributed by atoms with Crippen LogP contribution in [0, 0.1) is 0 Å². The third kappa shape index (κ3) is 5.58. The van der Waals surface area contributed by atoms with Crippen LogP contribution in [-0.2, 0) is 11.2 Å². The van der Waals surface area contributed by atoms with Gasteiger partial charge < -0.3 is 10.6 Å². The van der Waals surface area contributed by atoms with Crippen LogP contribution in [0.2, 0.25) is 10.0 Å². The summed E-state index contributed by atoms with van der Waals surface area (Å²) in [7, 11) is 0. The topological polar surface area (TPSA) is 58.2 Å². The Hall–Kier alpha value is -2.04. The maximum absolute atomic E-state index is 11.9. The molecule has 4 nitrogen and oxygen atoms in total. The quantitative estimate of drug-likeness (QED) is 0.786. The molecular formula is C17H16Cl2N2O2. The lowest BCUT2D eigenvalue weighted by Gasteiger charge is -2.08. The van der Waals surface area contributed by atoms with Crippen molar-refractivity contribution in [2.45, 2.75) is 6.42 Å². The number of hydrogen-bond donors (Lipinski definition) is 2. The first-order valence-electron chi connectivity index (χ1n) is 7.10. The molecule has 0 aliphatic rings. The number of benzene rings is 2. The van der Waals surface area contributed by atoms with Gasteiger partial charge in [0.15, 0.2) is 0 Å². The highest BCUT2D eigenvalue weighted by molar-refractivity contribution is 6.31. The second kappa shape index (κ2) is 8.56. The largest absolute Gasteiger partial charge is 0.354 e. The lowest BCUT2D eigenvalue weighted by atomic mass is 10.1. The summed E-state index contributed by atoms with van der Waals surface area (Å²) in [6.07, 6.45) is 0.213. The van der Waals surface area contributed by atoms with Crippen molar-refractivity contribution in [1.82, 2.24) is 10.6 Å². The standard InChI is InChI=1S/C17H16Cl2N2O2/c18-14-7-5-12(6-8-14)17(23)21-10-9-20-16(22)11-13-3-1-2-4-15(13)19/h1-8H,9-11H2,(H,20,22)(H,21,23). The van der Waals surface area contributed by atoms with Crippen LogP contribution in [0.5, 0.6) is 0 Å². The lowest BCUT2D eigenvalue weighted by Crippen LogP contribution is -2.35. The van der Waals surface area contributed by atoms with Gasteiger partial charge in [0.25, 0.3) is 5.91 Å². The molecule has 23 heavy (non-hydrogen) atoms. The summed E-state index contributed by atoms with van der Waals surface area (Å²) < 4.78 is 0. The third-order valence-corrected chi connectivity index (χ3v) is 3.77. The van der Waals surface area contributed by atoms with Crippen LogP contribution >= 0.6 is 23.2 Å². The molecule has 120 valence electrons. The van der Waals surface area contributed by atoms with E-state index in [9.17, 15) is 9.59 Å². The van der Waals surface area contributed by atoms with Crippen molar-refractivity contribution in [1.29, 1.82) is 0 Å². The molecule has 0 aliphatic heterocycles. The van der Waals surface area contributed by atoms with Crippen molar-refractivity contribution >= 4 is 35.0 Å². The van der Waals surface area contributed by atoms with Gasteiger partial charge in [0, 0.05) is 28.7 Å². The minimum absolute atomic E-state index is 0.140. The predicted octanol–water partition coefficient (Wildman–Crippen LogP) is 3.08. The zero-order valence-electron chi connectivity index (χ0n) is 12.3. The molecule has 0 bridgehead atoms. The maximum Gasteiger partial charge on any atom is 0.251 e. The number of rotatable bonds is 6. The Bertz CT molecular complexity index is 687. The highest BCUT2D eigenvalue weighted by Gasteiger charge is 2.07. The summed E-state index contributed by atoms with van der Waals surface area (Å²) in [6, 6.07) is 13.8. The fraction of sp³-hybridized carbons (Fsp3) is 0.176. The van der Waals surface area contributed by atoms with E-state index in [-0.39, 0.29) is 18.2 Å². The molecular weight excluding hydrogens is 335 g/mol. The Morgan fingerprint density at radius 3 is 2.22 bits per heavy atom. The molecule has 2 aromatic rings. The molecule has 0 atom stereocenters. The summed E-state index contributed by atoms with van der Waals surface area (Å²) in [4.78, 5) is 23.7. The minimum atomic E-state index is -0.206. The molecule has 0 aliphatic carbocycles. The summed E-state index contributed by atoms with van der Waals surface area (Å²) in [5, 5.41) is 6.61. The number of carbonyl (C=O) groups excluding carboxylic acids is 2. The molecule has 6 heteroatoms. The second-order valence-electron chi connectivity index (χ2n) is 4.88. The van der Waals surface area contributed by atoms with Crippen LogP contribution in [0.25, 0.3) is 0 Å². The first kappa shape index (κ1) is 17.3. The van der Waals surface area contributed by atoms with Crippen molar-refractivity contribution in [3.63, 3.8) is 0 Å². The molecule has 0 saturated carbocycles. The van der Waals surface area contributed by atoms with Gasteiger partial charge in [0.05, 0.1) is 6.42 Å². The van der Waals surface area contributed by atoms with Crippen LogP contribution in [0.3, 0.4) is 0 Å². The van der Waals surface area contributed by atoms with Gasteiger partial charge >= 0.3 is 0 Å². The molecule has 0 unspecified atom stereocenters. The fourth-order valence-electron chi connectivity index (χ4n) is 1.96. The molecule has 0 spiro atoms. The SMILES string of the molecule is O=C(Cc1ccccc1Cl)NCCNC(=O)c1ccc(Cl)cc1. The second-order valence-corrected chi connectivity index (χ2v) is 5.72. The van der Waals surface area contributed by atoms with E-state index < -0.39 is 0 Å². The van der Waals surface area contributed by atoms with Crippen molar-refractivity contribution < 1.29 is 9.59 Å². The molecule has 0 aromatic heterocycles. The van der Waals surface area contributed by atoms with Gasteiger partial charge in [0.1, 0.15) is 0 Å². The molecule has 2 rings (SSSR count). The van der Waals surface area contributed by atoms with E-state index in [4.69, 9.17) is 23.2 Å². The summed E-state index contributed by atoms with van der Waals surface area (Å²) >= 11 is 11.8. The number of hydrogen-bond acceptors (Lipinski definition) is 2. The first-order valence-corrected chi connectivity index (χ1v) is 7.86. The van der Waals surface area contributed by atoms with Crippen molar-refractivity contribution in [2.24, 2.45) is 0 Å². The average Bonchev–Trinajstić information content (AvgIpc) is 2.54. The predicted molar refractivity (Wildman–Crippen MR) is 92.0 cm³/mol. The van der Waals surface area contributed by atoms with Crippen LogP contribution in [-0.4, -0.2) is 24.9 Å². The Morgan fingerprint density at radius 1 is 0.870 bits per heavy atom. The molecule has 2 N–H and O–H groups in total. The lowest BCUT2D eigenvalue weighted by molar-refractivity contribution is -0.120. The number of halogens is 2. The van der Waals surface area contributed by atoms with Gasteiger partial charge in [-0.2, -0.15) is 0 Å². The van der Waals surface area contributed by atoms with Gasteiger partial charge in [-0.25, -0.2) is 0 Å². The molecule has 0 fully saturated rings. The first-order chi connectivity index (χ1) is 11.1. The third-order valence-electron chi connectivity index (χ3n) is 3.15. The number of nitrogens with one attached hydrogen (secondary N) is 2. The Kier molecular flexibility index (Phi) is 6.44. The monoisotopic (exact) mass is 350 g/mol. The van der Waals surface area contributed by atoms with E-state index in [0.717, 1.165) is 5.56 Å². The van der Waals surface area contributed by atoms with Gasteiger partial charge in [-0.1, -0.05) is 41.4 Å². The van der Waals surface area contributed by atoms with Crippen molar-refractivity contribution in [2.75, 3.05) is 13.1 Å². The zero-order valence-corrected chi connectivity index (χ0v) is 13.8. The smallest absolute Gasteiger partial charge is 0.251 e. The summed E-state index contributed by atoms with van der Waals surface area (Å²) in [6.45, 7) is 0.693. The van der Waals surface area contributed by atoms with E-state index in [1.165, 1.54) is 0 Å². The minimum Gasteiger partial charge on any atom is -0.354 e. The van der Waals surface area contributed by atoms with E-state index >= 15 is 0 Å². The molecule has 0 heterocycles. The fourth-order valence-corrected chi connectivity index (χ4v) is 2.29. The maximum atomic E-state index is 11.9. The van der Waals surface area contributed by atoms with Crippen molar-refractivity contribution in [3.8, 4) is 0 Å². The molecule has 2 aromatic carbocycles. The zero-order chi connectivity index (χ0) is 16.7. The van der Waals surface area contributed by atoms with Crippen LogP contribution in [0.15, 0.2) is 48.5 Å². The molecule has 0 saturated heterocycles. The van der Waals surface area contributed by atoms with Gasteiger partial charge in [-0.15, -0.1) is 0 Å². The van der Waals surface area contributed by atoms with Gasteiger partial charge in [-0.05, 0) is 35.9 Å². The summed E-state index contributed by atoms with van der Waals surface area (Å²) in [5.74, 6) is -0.346. The Morgan fingerprint density at radius 2 is 1.52 bits per heavy atom. The van der Waals surface area contributed by atoms with Gasteiger partial charge in [0.2, 0.25) is 5.91 Å². The summed E-state index contributed by atoms with van der Waals surface area (Å²) in [5.41, 5.74) is 1.30. The Balaban J connectivity index is 1.71. The van der Waals surface area contributed by atoms with E-state index in [0.29, 0.717) is 28.7 Å².